The van der Waals surface area contributed by atoms with E-state index < -0.39 is 40.9 Å². The molecule has 0 unspecified atom stereocenters. The Kier molecular flexibility index (Phi) is 4.08. The molecule has 1 rings (SSSR count). The van der Waals surface area contributed by atoms with Gasteiger partial charge in [0.05, 0.1) is 24.7 Å². The van der Waals surface area contributed by atoms with Gasteiger partial charge in [-0.1, -0.05) is 0 Å². The minimum Gasteiger partial charge on any atom is -0.469 e. The average Bonchev–Trinajstić information content (AvgIpc) is 2.29. The highest BCUT2D eigenvalue weighted by molar-refractivity contribution is 5.74. The lowest BCUT2D eigenvalue weighted by Gasteiger charge is -2.05. The van der Waals surface area contributed by atoms with Crippen LogP contribution in [-0.2, 0) is 16.0 Å². The summed E-state index contributed by atoms with van der Waals surface area (Å²) in [5.41, 5.74) is 4.26. The molecule has 7 nitrogen and oxygen atoms in total. The highest BCUT2D eigenvalue weighted by atomic mass is 19.3. The summed E-state index contributed by atoms with van der Waals surface area (Å²) in [7, 11) is 1.08. The standard InChI is InChI=1S/C9H9F2N3O4/c1-18-6(15)3-4-2-5(7(10)11)8(12)13-9(4)14(16)17/h2,7H,3H2,1H3,(H2,12,13). The number of halogens is 2. The predicted octanol–water partition coefficient (Wildman–Crippen LogP) is 1.23. The van der Waals surface area contributed by atoms with Crippen molar-refractivity contribution in [1.29, 1.82) is 0 Å². The van der Waals surface area contributed by atoms with Crippen molar-refractivity contribution in [2.24, 2.45) is 0 Å². The molecule has 18 heavy (non-hydrogen) atoms. The Balaban J connectivity index is 3.30. The molecule has 0 fully saturated rings. The van der Waals surface area contributed by atoms with Crippen LogP contribution in [0.5, 0.6) is 0 Å². The van der Waals surface area contributed by atoms with Crippen LogP contribution >= 0.6 is 0 Å². The zero-order valence-electron chi connectivity index (χ0n) is 9.22. The van der Waals surface area contributed by atoms with E-state index in [1.165, 1.54) is 0 Å². The van der Waals surface area contributed by atoms with Gasteiger partial charge in [-0.3, -0.25) is 4.79 Å². The second-order valence-corrected chi connectivity index (χ2v) is 3.26. The topological polar surface area (TPSA) is 108 Å². The Morgan fingerprint density at radius 3 is 2.72 bits per heavy atom. The number of nitro groups is 1. The molecule has 0 spiro atoms. The number of hydrogen-bond acceptors (Lipinski definition) is 6. The number of methoxy groups -OCH3 is 1. The Morgan fingerprint density at radius 2 is 2.28 bits per heavy atom. The van der Waals surface area contributed by atoms with E-state index in [0.29, 0.717) is 0 Å². The van der Waals surface area contributed by atoms with E-state index in [-0.39, 0.29) is 5.56 Å². The van der Waals surface area contributed by atoms with Crippen molar-refractivity contribution < 1.29 is 23.2 Å². The SMILES string of the molecule is COC(=O)Cc1cc(C(F)F)c(N)nc1[N+](=O)[O-]. The molecule has 0 aliphatic carbocycles. The molecule has 0 saturated heterocycles. The lowest BCUT2D eigenvalue weighted by Crippen LogP contribution is -2.11. The van der Waals surface area contributed by atoms with Gasteiger partial charge in [0.2, 0.25) is 5.82 Å². The fraction of sp³-hybridized carbons (Fsp3) is 0.333. The van der Waals surface area contributed by atoms with Crippen LogP contribution in [0.3, 0.4) is 0 Å². The third kappa shape index (κ3) is 2.87. The zero-order chi connectivity index (χ0) is 13.9. The third-order valence-corrected chi connectivity index (χ3v) is 2.11. The number of aromatic nitrogens is 1. The lowest BCUT2D eigenvalue weighted by molar-refractivity contribution is -0.390. The van der Waals surface area contributed by atoms with E-state index in [9.17, 15) is 23.7 Å². The van der Waals surface area contributed by atoms with Gasteiger partial charge in [-0.2, -0.15) is 0 Å². The van der Waals surface area contributed by atoms with Crippen molar-refractivity contribution in [1.82, 2.24) is 4.98 Å². The van der Waals surface area contributed by atoms with Crippen molar-refractivity contribution in [3.8, 4) is 0 Å². The minimum absolute atomic E-state index is 0.267. The number of esters is 1. The number of nitrogens with two attached hydrogens (primary N) is 1. The molecule has 0 atom stereocenters. The van der Waals surface area contributed by atoms with Crippen LogP contribution in [0.4, 0.5) is 20.4 Å². The minimum atomic E-state index is -2.94. The molecule has 0 aliphatic heterocycles. The maximum absolute atomic E-state index is 12.6. The van der Waals surface area contributed by atoms with Gasteiger partial charge < -0.3 is 20.6 Å². The summed E-state index contributed by atoms with van der Waals surface area (Å²) < 4.78 is 29.4. The summed E-state index contributed by atoms with van der Waals surface area (Å²) in [5, 5.41) is 10.7. The number of nitrogens with zero attached hydrogens (tertiary/aromatic N) is 2. The first-order valence-electron chi connectivity index (χ1n) is 4.65. The highest BCUT2D eigenvalue weighted by Crippen LogP contribution is 2.29. The normalized spacial score (nSPS) is 10.4. The van der Waals surface area contributed by atoms with Gasteiger partial charge >= 0.3 is 11.8 Å². The van der Waals surface area contributed by atoms with E-state index in [1.807, 2.05) is 0 Å². The molecule has 1 aromatic rings. The Morgan fingerprint density at radius 1 is 1.67 bits per heavy atom. The van der Waals surface area contributed by atoms with Crippen LogP contribution in [0, 0.1) is 10.1 Å². The Hall–Kier alpha value is -2.32. The van der Waals surface area contributed by atoms with E-state index in [0.717, 1.165) is 13.2 Å². The second-order valence-electron chi connectivity index (χ2n) is 3.26. The molecule has 0 saturated carbocycles. The van der Waals surface area contributed by atoms with E-state index in [2.05, 4.69) is 9.72 Å². The molecule has 0 radical (unpaired) electrons. The number of alkyl halides is 2. The molecular formula is C9H9F2N3O4. The summed E-state index contributed by atoms with van der Waals surface area (Å²) in [4.78, 5) is 24.1. The molecule has 0 aliphatic rings. The number of rotatable bonds is 4. The number of carbonyl (C=O) groups is 1. The second kappa shape index (κ2) is 5.34. The molecule has 0 amide bonds. The third-order valence-electron chi connectivity index (χ3n) is 2.11. The van der Waals surface area contributed by atoms with Gasteiger partial charge in [0.25, 0.3) is 6.43 Å². The number of carbonyl (C=O) groups excluding carboxylic acids is 1. The smallest absolute Gasteiger partial charge is 0.369 e. The van der Waals surface area contributed by atoms with Crippen LogP contribution in [0.15, 0.2) is 6.07 Å². The highest BCUT2D eigenvalue weighted by Gasteiger charge is 2.25. The maximum atomic E-state index is 12.6. The fourth-order valence-corrected chi connectivity index (χ4v) is 1.27. The van der Waals surface area contributed by atoms with Crippen LogP contribution in [-0.4, -0.2) is 23.0 Å². The number of anilines is 1. The molecule has 1 aromatic heterocycles. The maximum Gasteiger partial charge on any atom is 0.369 e. The first kappa shape index (κ1) is 13.7. The van der Waals surface area contributed by atoms with Gasteiger partial charge in [0.15, 0.2) is 0 Å². The number of ether oxygens (including phenoxy) is 1. The molecule has 2 N–H and O–H groups in total. The van der Waals surface area contributed by atoms with Crippen molar-refractivity contribution in [3.05, 3.63) is 27.3 Å². The van der Waals surface area contributed by atoms with Gasteiger partial charge in [0.1, 0.15) is 0 Å². The fourth-order valence-electron chi connectivity index (χ4n) is 1.27. The van der Waals surface area contributed by atoms with Crippen LogP contribution in [0.25, 0.3) is 0 Å². The van der Waals surface area contributed by atoms with Crippen molar-refractivity contribution in [2.45, 2.75) is 12.8 Å². The van der Waals surface area contributed by atoms with Crippen molar-refractivity contribution >= 4 is 17.6 Å². The van der Waals surface area contributed by atoms with E-state index >= 15 is 0 Å². The summed E-state index contributed by atoms with van der Waals surface area (Å²) in [6.07, 6.45) is -3.46. The van der Waals surface area contributed by atoms with Gasteiger partial charge in [-0.05, 0) is 16.0 Å². The van der Waals surface area contributed by atoms with Crippen LogP contribution in [0.2, 0.25) is 0 Å². The molecule has 98 valence electrons. The lowest BCUT2D eigenvalue weighted by atomic mass is 10.1. The largest absolute Gasteiger partial charge is 0.469 e. The quantitative estimate of drug-likeness (QED) is 0.496. The van der Waals surface area contributed by atoms with E-state index in [1.54, 1.807) is 0 Å². The molecular weight excluding hydrogens is 252 g/mol. The summed E-state index contributed by atoms with van der Waals surface area (Å²) in [5.74, 6) is -2.17. The van der Waals surface area contributed by atoms with Gasteiger partial charge in [-0.15, -0.1) is 0 Å². The van der Waals surface area contributed by atoms with Gasteiger partial charge in [-0.25, -0.2) is 8.78 Å². The van der Waals surface area contributed by atoms with Crippen molar-refractivity contribution in [2.75, 3.05) is 12.8 Å². The number of nitrogen functional groups attached to an aromatic ring is 1. The number of pyridine rings is 1. The van der Waals surface area contributed by atoms with Crippen molar-refractivity contribution in [3.63, 3.8) is 0 Å². The zero-order valence-corrected chi connectivity index (χ0v) is 9.22. The first-order valence-corrected chi connectivity index (χ1v) is 4.65. The van der Waals surface area contributed by atoms with E-state index in [4.69, 9.17) is 5.73 Å². The molecule has 0 bridgehead atoms. The summed E-state index contributed by atoms with van der Waals surface area (Å²) >= 11 is 0. The van der Waals surface area contributed by atoms with Crippen LogP contribution in [0.1, 0.15) is 17.6 Å². The van der Waals surface area contributed by atoms with Crippen LogP contribution < -0.4 is 5.73 Å². The monoisotopic (exact) mass is 261 g/mol. The average molecular weight is 261 g/mol. The summed E-state index contributed by atoms with van der Waals surface area (Å²) in [6, 6.07) is 0.794. The predicted molar refractivity (Wildman–Crippen MR) is 56.0 cm³/mol. The molecule has 1 heterocycles. The summed E-state index contributed by atoms with van der Waals surface area (Å²) in [6.45, 7) is 0. The molecule has 9 heteroatoms. The Labute approximate surface area is 99.7 Å². The Bertz CT molecular complexity index is 493. The molecule has 0 aromatic carbocycles. The number of hydrogen-bond donors (Lipinski definition) is 1. The first-order chi connectivity index (χ1) is 8.36. The van der Waals surface area contributed by atoms with Gasteiger partial charge in [0, 0.05) is 0 Å².